The molecule has 2 aliphatic carbocycles. The van der Waals surface area contributed by atoms with Crippen LogP contribution in [0.5, 0.6) is 0 Å². The molecule has 0 atom stereocenters. The number of hydrogen-bond acceptors (Lipinski definition) is 0. The van der Waals surface area contributed by atoms with Gasteiger partial charge in [-0.25, -0.2) is 0 Å². The van der Waals surface area contributed by atoms with E-state index in [9.17, 15) is 0 Å². The molecule has 0 nitrogen and oxygen atoms in total. The Kier molecular flexibility index (Phi) is 10.3. The van der Waals surface area contributed by atoms with Gasteiger partial charge in [0, 0.05) is 21.7 Å². The van der Waals surface area contributed by atoms with E-state index in [0.29, 0.717) is 0 Å². The second-order valence-corrected chi connectivity index (χ2v) is 9.85. The summed E-state index contributed by atoms with van der Waals surface area (Å²) in [6, 6.07) is 0. The van der Waals surface area contributed by atoms with Crippen LogP contribution in [0.25, 0.3) is 0 Å². The summed E-state index contributed by atoms with van der Waals surface area (Å²) < 4.78 is 0. The van der Waals surface area contributed by atoms with Gasteiger partial charge in [0.05, 0.1) is 8.07 Å². The number of hydrogen-bond donors (Lipinski definition) is 0. The Hall–Kier alpha value is 0.931. The topological polar surface area (TPSA) is 0 Å². The summed E-state index contributed by atoms with van der Waals surface area (Å²) in [4.78, 5) is 0. The molecule has 0 aromatic carbocycles. The molecule has 0 N–H and O–H groups in total. The molecule has 2 rings (SSSR count). The average Bonchev–Trinajstić information content (AvgIpc) is 2.66. The van der Waals surface area contributed by atoms with Crippen LogP contribution < -0.4 is 0 Å². The van der Waals surface area contributed by atoms with Crippen molar-refractivity contribution in [1.29, 1.82) is 0 Å². The van der Waals surface area contributed by atoms with Gasteiger partial charge in [-0.1, -0.05) is 19.6 Å². The van der Waals surface area contributed by atoms with Crippen molar-refractivity contribution in [3.63, 3.8) is 0 Å². The predicted molar refractivity (Wildman–Crippen MR) is 73.9 cm³/mol. The van der Waals surface area contributed by atoms with Crippen molar-refractivity contribution in [3.8, 4) is 0 Å². The normalized spacial score (nSPS) is 22.1. The van der Waals surface area contributed by atoms with Gasteiger partial charge in [-0.15, -0.1) is 0 Å². The molecule has 2 aliphatic rings. The van der Waals surface area contributed by atoms with Crippen LogP contribution >= 0.6 is 0 Å². The van der Waals surface area contributed by atoms with Crippen LogP contribution in [0.15, 0.2) is 0 Å². The quantitative estimate of drug-likeness (QED) is 0.506. The second-order valence-electron chi connectivity index (χ2n) is 4.77. The summed E-state index contributed by atoms with van der Waals surface area (Å²) >= 11 is 0. The second kappa shape index (κ2) is 9.81. The third kappa shape index (κ3) is 8.62. The molecular formula is C15H20SiTi. The molecule has 0 bridgehead atoms. The summed E-state index contributed by atoms with van der Waals surface area (Å²) in [5.41, 5.74) is 1.52. The zero-order valence-electron chi connectivity index (χ0n) is 10.9. The van der Waals surface area contributed by atoms with E-state index in [0.717, 1.165) is 0 Å². The van der Waals surface area contributed by atoms with Crippen molar-refractivity contribution >= 4 is 8.07 Å². The van der Waals surface area contributed by atoms with Crippen molar-refractivity contribution in [2.24, 2.45) is 0 Å². The Bertz CT molecular complexity index is 155. The van der Waals surface area contributed by atoms with Gasteiger partial charge >= 0.3 is 0 Å². The minimum Gasteiger partial charge on any atom is -0.0691 e. The van der Waals surface area contributed by atoms with Gasteiger partial charge in [0.2, 0.25) is 0 Å². The Morgan fingerprint density at radius 3 is 1.18 bits per heavy atom. The van der Waals surface area contributed by atoms with Crippen molar-refractivity contribution in [2.75, 3.05) is 0 Å². The molecule has 12 radical (unpaired) electrons. The van der Waals surface area contributed by atoms with Crippen LogP contribution in [0.2, 0.25) is 19.6 Å². The minimum atomic E-state index is -1.09. The fourth-order valence-electron chi connectivity index (χ4n) is 1.32. The zero-order chi connectivity index (χ0) is 11.9. The van der Waals surface area contributed by atoms with E-state index in [4.69, 9.17) is 0 Å². The van der Waals surface area contributed by atoms with Gasteiger partial charge in [-0.3, -0.25) is 0 Å². The van der Waals surface area contributed by atoms with E-state index in [1.807, 2.05) is 32.1 Å². The SMILES string of the molecule is C[Si](C)(C)[C]1[CH][CH][CH][CH][CH][CH]1.[CH]1[CH][CH][CH][CH]1.[Ti]. The third-order valence-electron chi connectivity index (χ3n) is 2.31. The Morgan fingerprint density at radius 1 is 0.588 bits per heavy atom. The molecule has 2 heteroatoms. The molecule has 0 saturated heterocycles. The van der Waals surface area contributed by atoms with Crippen LogP contribution in [0.4, 0.5) is 0 Å². The average molecular weight is 276 g/mol. The fourth-order valence-corrected chi connectivity index (χ4v) is 2.52. The summed E-state index contributed by atoms with van der Waals surface area (Å²) in [5.74, 6) is 0. The molecule has 2 fully saturated rings. The van der Waals surface area contributed by atoms with E-state index in [2.05, 4.69) is 58.2 Å². The molecule has 0 aliphatic heterocycles. The Balaban J connectivity index is 0.000000360. The summed E-state index contributed by atoms with van der Waals surface area (Å²) in [6.45, 7) is 7.09. The van der Waals surface area contributed by atoms with Crippen LogP contribution in [0.3, 0.4) is 0 Å². The first-order valence-corrected chi connectivity index (χ1v) is 9.16. The predicted octanol–water partition coefficient (Wildman–Crippen LogP) is 3.70. The van der Waals surface area contributed by atoms with E-state index in [-0.39, 0.29) is 21.7 Å². The molecule has 17 heavy (non-hydrogen) atoms. The molecule has 2 saturated carbocycles. The molecule has 0 spiro atoms. The largest absolute Gasteiger partial charge is 0.0691 e. The van der Waals surface area contributed by atoms with Crippen LogP contribution in [-0.4, -0.2) is 8.07 Å². The van der Waals surface area contributed by atoms with Crippen LogP contribution in [0, 0.1) is 76.2 Å². The minimum absolute atomic E-state index is 0. The molecule has 0 aromatic rings. The maximum atomic E-state index is 2.36. The van der Waals surface area contributed by atoms with Gasteiger partial charge in [-0.05, 0) is 76.2 Å². The van der Waals surface area contributed by atoms with Gasteiger partial charge in [0.15, 0.2) is 0 Å². The molecule has 88 valence electrons. The first-order chi connectivity index (χ1) is 7.61. The summed E-state index contributed by atoms with van der Waals surface area (Å²) in [5, 5.41) is 0. The van der Waals surface area contributed by atoms with Crippen LogP contribution in [0.1, 0.15) is 0 Å². The van der Waals surface area contributed by atoms with E-state index in [1.54, 1.807) is 0 Å². The Morgan fingerprint density at radius 2 is 0.882 bits per heavy atom. The van der Waals surface area contributed by atoms with E-state index in [1.165, 1.54) is 5.54 Å². The van der Waals surface area contributed by atoms with E-state index >= 15 is 0 Å². The smallest absolute Gasteiger partial charge is 0.0516 e. The molecule has 0 heterocycles. The first-order valence-electron chi connectivity index (χ1n) is 5.66. The van der Waals surface area contributed by atoms with Gasteiger partial charge in [-0.2, -0.15) is 0 Å². The maximum Gasteiger partial charge on any atom is 0.0516 e. The van der Waals surface area contributed by atoms with Gasteiger partial charge in [0.1, 0.15) is 0 Å². The Labute approximate surface area is 125 Å². The monoisotopic (exact) mass is 276 g/mol. The summed E-state index contributed by atoms with van der Waals surface area (Å²) in [6.07, 6.45) is 22.8. The molecule has 0 aromatic heterocycles. The maximum absolute atomic E-state index is 2.36. The van der Waals surface area contributed by atoms with Crippen molar-refractivity contribution < 1.29 is 21.7 Å². The van der Waals surface area contributed by atoms with Crippen LogP contribution in [-0.2, 0) is 21.7 Å². The van der Waals surface area contributed by atoms with Crippen molar-refractivity contribution in [1.82, 2.24) is 0 Å². The van der Waals surface area contributed by atoms with Crippen molar-refractivity contribution in [3.05, 3.63) is 76.2 Å². The van der Waals surface area contributed by atoms with Crippen molar-refractivity contribution in [2.45, 2.75) is 19.6 Å². The van der Waals surface area contributed by atoms with E-state index < -0.39 is 8.07 Å². The third-order valence-corrected chi connectivity index (χ3v) is 4.37. The standard InChI is InChI=1S/C10H15Si.C5H5.Ti/c1-11(2,3)10-8-6-4-5-7-9-10;1-2-4-5-3-1;/h4-9H,1-3H3;1-5H;. The summed E-state index contributed by atoms with van der Waals surface area (Å²) in [7, 11) is -1.09. The van der Waals surface area contributed by atoms with Gasteiger partial charge in [0.25, 0.3) is 0 Å². The molecule has 0 amide bonds. The molecular weight excluding hydrogens is 256 g/mol. The fraction of sp³-hybridized carbons (Fsp3) is 0.200. The first kappa shape index (κ1) is 17.9. The zero-order valence-corrected chi connectivity index (χ0v) is 13.4. The number of rotatable bonds is 1. The van der Waals surface area contributed by atoms with Gasteiger partial charge < -0.3 is 0 Å². The molecule has 0 unspecified atom stereocenters.